The number of benzene rings is 1. The van der Waals surface area contributed by atoms with Gasteiger partial charge in [-0.05, 0) is 50.6 Å². The summed E-state index contributed by atoms with van der Waals surface area (Å²) in [6, 6.07) is 8.00. The quantitative estimate of drug-likeness (QED) is 0.613. The Hall–Kier alpha value is -2.69. The number of hydrogen-bond donors (Lipinski definition) is 2. The zero-order chi connectivity index (χ0) is 23.3. The van der Waals surface area contributed by atoms with E-state index in [0.29, 0.717) is 49.6 Å². The molecule has 3 rings (SSSR count). The van der Waals surface area contributed by atoms with Crippen LogP contribution in [0, 0.1) is 6.92 Å². The molecular formula is C22H30N4O5S. The molecule has 0 bridgehead atoms. The number of amides is 2. The van der Waals surface area contributed by atoms with E-state index >= 15 is 0 Å². The van der Waals surface area contributed by atoms with Crippen LogP contribution in [0.25, 0.3) is 0 Å². The van der Waals surface area contributed by atoms with Crippen LogP contribution in [0.5, 0.6) is 0 Å². The van der Waals surface area contributed by atoms with Gasteiger partial charge in [0.1, 0.15) is 5.76 Å². The highest BCUT2D eigenvalue weighted by atomic mass is 32.2. The molecule has 1 fully saturated rings. The number of hydrogen-bond acceptors (Lipinski definition) is 6. The van der Waals surface area contributed by atoms with Gasteiger partial charge in [-0.15, -0.1) is 0 Å². The van der Waals surface area contributed by atoms with Crippen molar-refractivity contribution in [3.8, 4) is 0 Å². The maximum absolute atomic E-state index is 13.1. The minimum Gasteiger partial charge on any atom is -0.468 e. The monoisotopic (exact) mass is 462 g/mol. The molecule has 1 aromatic carbocycles. The molecule has 2 heterocycles. The van der Waals surface area contributed by atoms with Crippen LogP contribution in [0.3, 0.4) is 0 Å². The highest BCUT2D eigenvalue weighted by Crippen LogP contribution is 2.19. The van der Waals surface area contributed by atoms with Crippen LogP contribution in [0.15, 0.2) is 45.9 Å². The van der Waals surface area contributed by atoms with Gasteiger partial charge in [-0.25, -0.2) is 13.1 Å². The fourth-order valence-corrected chi connectivity index (χ4v) is 4.53. The predicted octanol–water partition coefficient (Wildman–Crippen LogP) is 1.35. The number of aryl methyl sites for hydroxylation is 1. The van der Waals surface area contributed by atoms with Crippen molar-refractivity contribution in [2.24, 2.45) is 0 Å². The summed E-state index contributed by atoms with van der Waals surface area (Å²) in [6.07, 6.45) is 1.47. The summed E-state index contributed by atoms with van der Waals surface area (Å²) in [7, 11) is -3.81. The summed E-state index contributed by atoms with van der Waals surface area (Å²) in [5, 5.41) is 2.87. The molecular weight excluding hydrogens is 432 g/mol. The van der Waals surface area contributed by atoms with Gasteiger partial charge in [0.2, 0.25) is 15.9 Å². The minimum atomic E-state index is -3.81. The molecule has 0 saturated carbocycles. The van der Waals surface area contributed by atoms with Crippen LogP contribution in [-0.2, 0) is 21.4 Å². The number of furan rings is 1. The van der Waals surface area contributed by atoms with E-state index in [1.165, 1.54) is 18.4 Å². The van der Waals surface area contributed by atoms with Crippen LogP contribution in [-0.4, -0.2) is 68.8 Å². The molecule has 2 aromatic rings. The Morgan fingerprint density at radius 3 is 2.47 bits per heavy atom. The van der Waals surface area contributed by atoms with Gasteiger partial charge in [0.25, 0.3) is 5.91 Å². The largest absolute Gasteiger partial charge is 0.468 e. The summed E-state index contributed by atoms with van der Waals surface area (Å²) in [4.78, 5) is 28.8. The molecule has 0 aliphatic carbocycles. The molecule has 2 N–H and O–H groups in total. The van der Waals surface area contributed by atoms with Gasteiger partial charge in [0.05, 0.1) is 24.2 Å². The Morgan fingerprint density at radius 2 is 1.84 bits per heavy atom. The Labute approximate surface area is 188 Å². The Morgan fingerprint density at radius 1 is 1.12 bits per heavy atom. The van der Waals surface area contributed by atoms with E-state index in [-0.39, 0.29) is 29.3 Å². The Bertz CT molecular complexity index is 1040. The van der Waals surface area contributed by atoms with E-state index in [9.17, 15) is 18.0 Å². The highest BCUT2D eigenvalue weighted by Gasteiger charge is 2.26. The van der Waals surface area contributed by atoms with Crippen molar-refractivity contribution < 1.29 is 22.4 Å². The third-order valence-electron chi connectivity index (χ3n) is 5.24. The van der Waals surface area contributed by atoms with E-state index in [2.05, 4.69) is 10.0 Å². The summed E-state index contributed by atoms with van der Waals surface area (Å²) < 4.78 is 33.0. The van der Waals surface area contributed by atoms with Gasteiger partial charge in [0.15, 0.2) is 0 Å². The Kier molecular flexibility index (Phi) is 7.70. The summed E-state index contributed by atoms with van der Waals surface area (Å²) in [5.41, 5.74) is 1.07. The minimum absolute atomic E-state index is 0.0266. The van der Waals surface area contributed by atoms with Crippen molar-refractivity contribution in [1.29, 1.82) is 0 Å². The number of nitrogens with one attached hydrogen (secondary N) is 2. The average molecular weight is 463 g/mol. The molecule has 10 heteroatoms. The molecule has 9 nitrogen and oxygen atoms in total. The summed E-state index contributed by atoms with van der Waals surface area (Å²) >= 11 is 0. The molecule has 0 spiro atoms. The SMILES string of the molecule is Cc1ccc(S(=O)(=O)NCc2ccco2)cc1C(=O)N1CCN(CC(=O)NC(C)C)CC1. The van der Waals surface area contributed by atoms with Crippen molar-refractivity contribution >= 4 is 21.8 Å². The lowest BCUT2D eigenvalue weighted by molar-refractivity contribution is -0.123. The standard InChI is InChI=1S/C22H30N4O5S/c1-16(2)24-21(27)15-25-8-10-26(11-9-25)22(28)20-13-19(7-6-17(20)3)32(29,30)23-14-18-5-4-12-31-18/h4-7,12-13,16,23H,8-11,14-15H2,1-3H3,(H,24,27). The number of nitrogens with zero attached hydrogens (tertiary/aromatic N) is 2. The van der Waals surface area contributed by atoms with E-state index in [0.717, 1.165) is 0 Å². The Balaban J connectivity index is 1.64. The molecule has 0 radical (unpaired) electrons. The number of sulfonamides is 1. The first-order valence-electron chi connectivity index (χ1n) is 10.6. The molecule has 1 aromatic heterocycles. The molecule has 174 valence electrons. The van der Waals surface area contributed by atoms with Crippen molar-refractivity contribution in [2.75, 3.05) is 32.7 Å². The van der Waals surface area contributed by atoms with Crippen molar-refractivity contribution in [3.63, 3.8) is 0 Å². The second-order valence-electron chi connectivity index (χ2n) is 8.17. The van der Waals surface area contributed by atoms with Crippen molar-refractivity contribution in [1.82, 2.24) is 19.8 Å². The molecule has 2 amide bonds. The third-order valence-corrected chi connectivity index (χ3v) is 6.64. The molecule has 1 saturated heterocycles. The van der Waals surface area contributed by atoms with Gasteiger partial charge in [-0.1, -0.05) is 6.07 Å². The fraction of sp³-hybridized carbons (Fsp3) is 0.455. The topological polar surface area (TPSA) is 112 Å². The second-order valence-corrected chi connectivity index (χ2v) is 9.94. The van der Waals surface area contributed by atoms with Gasteiger partial charge in [-0.3, -0.25) is 14.5 Å². The zero-order valence-corrected chi connectivity index (χ0v) is 19.4. The molecule has 0 unspecified atom stereocenters. The molecule has 1 aliphatic rings. The van der Waals surface area contributed by atoms with Gasteiger partial charge in [-0.2, -0.15) is 0 Å². The number of piperazine rings is 1. The smallest absolute Gasteiger partial charge is 0.254 e. The predicted molar refractivity (Wildman–Crippen MR) is 120 cm³/mol. The first-order chi connectivity index (χ1) is 15.2. The van der Waals surface area contributed by atoms with Crippen LogP contribution in [0.1, 0.15) is 35.5 Å². The summed E-state index contributed by atoms with van der Waals surface area (Å²) in [6.45, 7) is 8.05. The average Bonchev–Trinajstić information content (AvgIpc) is 3.26. The lowest BCUT2D eigenvalue weighted by Gasteiger charge is -2.34. The maximum Gasteiger partial charge on any atom is 0.254 e. The lowest BCUT2D eigenvalue weighted by atomic mass is 10.1. The first kappa shape index (κ1) is 24.0. The maximum atomic E-state index is 13.1. The third kappa shape index (κ3) is 6.18. The molecule has 32 heavy (non-hydrogen) atoms. The molecule has 1 aliphatic heterocycles. The van der Waals surface area contributed by atoms with Crippen LogP contribution in [0.4, 0.5) is 0 Å². The summed E-state index contributed by atoms with van der Waals surface area (Å²) in [5.74, 6) is 0.254. The van der Waals surface area contributed by atoms with E-state index in [4.69, 9.17) is 4.42 Å². The normalized spacial score (nSPS) is 15.2. The van der Waals surface area contributed by atoms with E-state index in [1.54, 1.807) is 30.0 Å². The second kappa shape index (κ2) is 10.3. The van der Waals surface area contributed by atoms with Gasteiger partial charge >= 0.3 is 0 Å². The van der Waals surface area contributed by atoms with Crippen LogP contribution >= 0.6 is 0 Å². The first-order valence-corrected chi connectivity index (χ1v) is 12.1. The van der Waals surface area contributed by atoms with Gasteiger partial charge < -0.3 is 14.6 Å². The lowest BCUT2D eigenvalue weighted by Crippen LogP contribution is -2.51. The van der Waals surface area contributed by atoms with Crippen LogP contribution < -0.4 is 10.0 Å². The zero-order valence-electron chi connectivity index (χ0n) is 18.6. The number of rotatable bonds is 8. The fourth-order valence-electron chi connectivity index (χ4n) is 3.51. The number of carbonyl (C=O) groups excluding carboxylic acids is 2. The van der Waals surface area contributed by atoms with Crippen molar-refractivity contribution in [2.45, 2.75) is 38.3 Å². The van der Waals surface area contributed by atoms with Gasteiger partial charge in [0, 0.05) is 37.8 Å². The van der Waals surface area contributed by atoms with Crippen LogP contribution in [0.2, 0.25) is 0 Å². The molecule has 0 atom stereocenters. The van der Waals surface area contributed by atoms with Crippen molar-refractivity contribution in [3.05, 3.63) is 53.5 Å². The number of carbonyl (C=O) groups is 2. The van der Waals surface area contributed by atoms with E-state index in [1.807, 2.05) is 18.7 Å². The highest BCUT2D eigenvalue weighted by molar-refractivity contribution is 7.89. The van der Waals surface area contributed by atoms with E-state index < -0.39 is 10.0 Å².